The molecule has 2 atom stereocenters. The third kappa shape index (κ3) is 13.5. The molecular formula is C41H50ClN5O5S. The Kier molecular flexibility index (Phi) is 14.9. The number of thioether (sulfide) groups is 1. The normalized spacial score (nSPS) is 14.6. The molecule has 9 N–H and O–H groups in total. The number of rotatable bonds is 17. The summed E-state index contributed by atoms with van der Waals surface area (Å²) in [6, 6.07) is 25.6. The van der Waals surface area contributed by atoms with E-state index in [0.717, 1.165) is 64.7 Å². The number of aromatic nitrogens is 1. The van der Waals surface area contributed by atoms with Gasteiger partial charge in [0.25, 0.3) is 0 Å². The van der Waals surface area contributed by atoms with Crippen molar-refractivity contribution in [1.82, 2.24) is 10.3 Å². The molecule has 0 bridgehead atoms. The van der Waals surface area contributed by atoms with Crippen LogP contribution in [0.25, 0.3) is 23.1 Å². The lowest BCUT2D eigenvalue weighted by molar-refractivity contribution is -0.139. The van der Waals surface area contributed by atoms with E-state index in [0.29, 0.717) is 24.4 Å². The second-order valence-electron chi connectivity index (χ2n) is 14.1. The number of fused-ring (bicyclic) bond motifs is 1. The Balaban J connectivity index is 0.000000450. The van der Waals surface area contributed by atoms with E-state index < -0.39 is 23.6 Å². The summed E-state index contributed by atoms with van der Waals surface area (Å²) in [5.41, 5.74) is 15.4. The molecule has 1 fully saturated rings. The number of benzene rings is 3. The van der Waals surface area contributed by atoms with E-state index in [1.54, 1.807) is 0 Å². The fraction of sp³-hybridized carbons (Fsp3) is 0.366. The maximum atomic E-state index is 11.5. The minimum Gasteiger partial charge on any atom is -0.481 e. The summed E-state index contributed by atoms with van der Waals surface area (Å²) in [6.07, 6.45) is 8.99. The zero-order valence-electron chi connectivity index (χ0n) is 30.2. The van der Waals surface area contributed by atoms with Crippen LogP contribution >= 0.6 is 23.4 Å². The van der Waals surface area contributed by atoms with Gasteiger partial charge in [0.05, 0.1) is 23.2 Å². The second-order valence-corrected chi connectivity index (χ2v) is 15.8. The van der Waals surface area contributed by atoms with Gasteiger partial charge in [0.2, 0.25) is 0 Å². The molecule has 0 saturated heterocycles. The van der Waals surface area contributed by atoms with Crippen molar-refractivity contribution in [2.75, 3.05) is 12.3 Å². The molecule has 10 nitrogen and oxygen atoms in total. The van der Waals surface area contributed by atoms with Crippen LogP contribution in [0.2, 0.25) is 5.02 Å². The first-order valence-electron chi connectivity index (χ1n) is 17.7. The Morgan fingerprint density at radius 1 is 1.04 bits per heavy atom. The number of aliphatic hydroxyl groups is 1. The van der Waals surface area contributed by atoms with E-state index in [-0.39, 0.29) is 23.0 Å². The van der Waals surface area contributed by atoms with Crippen molar-refractivity contribution >= 4 is 64.3 Å². The largest absolute Gasteiger partial charge is 0.481 e. The predicted octanol–water partition coefficient (Wildman–Crippen LogP) is 7.61. The molecular weight excluding hydrogens is 710 g/mol. The summed E-state index contributed by atoms with van der Waals surface area (Å²) in [5.74, 6) is -0.993. The number of nitrogens with one attached hydrogen (secondary N) is 2. The summed E-state index contributed by atoms with van der Waals surface area (Å²) in [4.78, 5) is 26.4. The molecule has 1 aromatic heterocycles. The summed E-state index contributed by atoms with van der Waals surface area (Å²) in [6.45, 7) is 4.14. The number of carboxylic acids is 2. The molecule has 1 saturated carbocycles. The molecule has 1 heterocycles. The molecule has 0 radical (unpaired) electrons. The zero-order chi connectivity index (χ0) is 38.6. The maximum absolute atomic E-state index is 11.5. The van der Waals surface area contributed by atoms with Gasteiger partial charge in [0.15, 0.2) is 5.96 Å². The Morgan fingerprint density at radius 3 is 2.45 bits per heavy atom. The number of aliphatic carboxylic acids is 2. The molecule has 0 spiro atoms. The number of guanidine groups is 1. The standard InChI is InChI=1S/C35H36ClNO3S.C6H14N4O2/c1-34(2,40)30-9-4-3-7-25(30)13-17-32(41-23-35(18-19-35)22-33(38)39)27-8-5-6-24(20-27)10-15-29-16-12-26-11-14-28(36)21-31(26)37-29;7-4(5(11)12)2-1-3-10-6(8)9/h3-12,14-16,20-21,32,40H,13,17-19,22-23H2,1-2H3,(H,38,39);4H,1-3,7H2,(H,11,12)(H4,8,9,10)/b15-10+;/t32-;/m1./s1. The van der Waals surface area contributed by atoms with Crippen molar-refractivity contribution in [2.24, 2.45) is 16.9 Å². The van der Waals surface area contributed by atoms with Crippen LogP contribution in [-0.4, -0.2) is 56.5 Å². The van der Waals surface area contributed by atoms with Crippen LogP contribution in [0.1, 0.15) is 85.6 Å². The molecule has 12 heteroatoms. The van der Waals surface area contributed by atoms with E-state index in [2.05, 4.69) is 47.8 Å². The van der Waals surface area contributed by atoms with E-state index >= 15 is 0 Å². The lowest BCUT2D eigenvalue weighted by atomic mass is 9.90. The summed E-state index contributed by atoms with van der Waals surface area (Å²) in [7, 11) is 0. The van der Waals surface area contributed by atoms with Gasteiger partial charge in [-0.15, -0.1) is 0 Å². The van der Waals surface area contributed by atoms with Crippen LogP contribution in [-0.2, 0) is 21.6 Å². The quantitative estimate of drug-likeness (QED) is 0.0320. The van der Waals surface area contributed by atoms with Crippen molar-refractivity contribution in [2.45, 2.75) is 75.7 Å². The number of halogens is 1. The summed E-state index contributed by atoms with van der Waals surface area (Å²) >= 11 is 8.04. The van der Waals surface area contributed by atoms with Gasteiger partial charge in [-0.25, -0.2) is 4.98 Å². The maximum Gasteiger partial charge on any atom is 0.320 e. The minimum atomic E-state index is -1.00. The lowest BCUT2D eigenvalue weighted by Crippen LogP contribution is -2.34. The first-order chi connectivity index (χ1) is 25.1. The Labute approximate surface area is 320 Å². The van der Waals surface area contributed by atoms with Gasteiger partial charge < -0.3 is 32.1 Å². The second kappa shape index (κ2) is 19.1. The van der Waals surface area contributed by atoms with Crippen molar-refractivity contribution in [3.63, 3.8) is 0 Å². The molecule has 0 aliphatic heterocycles. The van der Waals surface area contributed by atoms with Gasteiger partial charge in [0, 0.05) is 28.0 Å². The van der Waals surface area contributed by atoms with Crippen LogP contribution in [0.5, 0.6) is 0 Å². The average molecular weight is 760 g/mol. The van der Waals surface area contributed by atoms with Gasteiger partial charge in [0.1, 0.15) is 6.04 Å². The number of pyridine rings is 1. The number of hydrogen-bond donors (Lipinski definition) is 7. The van der Waals surface area contributed by atoms with Gasteiger partial charge >= 0.3 is 11.9 Å². The van der Waals surface area contributed by atoms with Crippen LogP contribution < -0.4 is 16.8 Å². The van der Waals surface area contributed by atoms with Crippen molar-refractivity contribution in [1.29, 1.82) is 5.41 Å². The summed E-state index contributed by atoms with van der Waals surface area (Å²) in [5, 5.41) is 39.8. The van der Waals surface area contributed by atoms with Gasteiger partial charge in [-0.05, 0) is 104 Å². The molecule has 5 rings (SSSR count). The van der Waals surface area contributed by atoms with Gasteiger partial charge in [-0.3, -0.25) is 15.0 Å². The number of nitrogens with zero attached hydrogens (tertiary/aromatic N) is 1. The first kappa shape index (κ1) is 41.3. The van der Waals surface area contributed by atoms with Crippen molar-refractivity contribution in [3.8, 4) is 0 Å². The highest BCUT2D eigenvalue weighted by atomic mass is 35.5. The molecule has 1 aliphatic carbocycles. The monoisotopic (exact) mass is 759 g/mol. The fourth-order valence-electron chi connectivity index (χ4n) is 6.03. The van der Waals surface area contributed by atoms with Crippen LogP contribution in [0.3, 0.4) is 0 Å². The molecule has 53 heavy (non-hydrogen) atoms. The SMILES string of the molecule is CC(C)(O)c1ccccc1CC[C@@H](SCC1(CC(=O)O)CC1)c1cccc(/C=C/c2ccc3ccc(Cl)cc3n2)c1.N=C(N)NCCCC(N)C(=O)O. The minimum absolute atomic E-state index is 0.0814. The number of carbonyl (C=O) groups is 2. The van der Waals surface area contributed by atoms with Crippen molar-refractivity contribution in [3.05, 3.63) is 112 Å². The van der Waals surface area contributed by atoms with Crippen LogP contribution in [0.4, 0.5) is 0 Å². The highest BCUT2D eigenvalue weighted by Gasteiger charge is 2.44. The van der Waals surface area contributed by atoms with Crippen molar-refractivity contribution < 1.29 is 24.9 Å². The molecule has 0 amide bonds. The Bertz CT molecular complexity index is 1910. The fourth-order valence-corrected chi connectivity index (χ4v) is 7.76. The highest BCUT2D eigenvalue weighted by Crippen LogP contribution is 2.53. The third-order valence-electron chi connectivity index (χ3n) is 9.16. The first-order valence-corrected chi connectivity index (χ1v) is 19.1. The zero-order valence-corrected chi connectivity index (χ0v) is 31.8. The number of aryl methyl sites for hydroxylation is 1. The Hall–Kier alpha value is -4.42. The lowest BCUT2D eigenvalue weighted by Gasteiger charge is -2.24. The molecule has 282 valence electrons. The predicted molar refractivity (Wildman–Crippen MR) is 216 cm³/mol. The number of nitrogens with two attached hydrogens (primary N) is 2. The highest BCUT2D eigenvalue weighted by molar-refractivity contribution is 7.99. The molecule has 4 aromatic rings. The van der Waals surface area contributed by atoms with Gasteiger partial charge in [-0.2, -0.15) is 11.8 Å². The van der Waals surface area contributed by atoms with E-state index in [1.807, 2.05) is 74.1 Å². The molecule has 3 aromatic carbocycles. The summed E-state index contributed by atoms with van der Waals surface area (Å²) < 4.78 is 0. The van der Waals surface area contributed by atoms with Gasteiger partial charge in [-0.1, -0.05) is 78.3 Å². The topological polar surface area (TPSA) is 196 Å². The number of hydrogen-bond acceptors (Lipinski definition) is 7. The van der Waals surface area contributed by atoms with Crippen LogP contribution in [0.15, 0.2) is 78.9 Å². The van der Waals surface area contributed by atoms with E-state index in [9.17, 15) is 19.8 Å². The molecule has 1 unspecified atom stereocenters. The van der Waals surface area contributed by atoms with E-state index in [4.69, 9.17) is 38.6 Å². The third-order valence-corrected chi connectivity index (χ3v) is 11.1. The number of carboxylic acid groups (broad SMARTS) is 2. The molecule has 1 aliphatic rings. The van der Waals surface area contributed by atoms with Crippen LogP contribution in [0, 0.1) is 10.8 Å². The van der Waals surface area contributed by atoms with E-state index in [1.165, 1.54) is 5.56 Å². The Morgan fingerprint density at radius 2 is 1.77 bits per heavy atom. The average Bonchev–Trinajstić information content (AvgIpc) is 3.87. The smallest absolute Gasteiger partial charge is 0.320 e.